The van der Waals surface area contributed by atoms with Crippen molar-refractivity contribution in [3.63, 3.8) is 0 Å². The van der Waals surface area contributed by atoms with Gasteiger partial charge in [0.15, 0.2) is 0 Å². The van der Waals surface area contributed by atoms with E-state index in [0.717, 1.165) is 0 Å². The van der Waals surface area contributed by atoms with Crippen molar-refractivity contribution in [3.05, 3.63) is 36.2 Å². The van der Waals surface area contributed by atoms with E-state index in [4.69, 9.17) is 16.4 Å². The maximum absolute atomic E-state index is 11.4. The minimum Gasteiger partial charge on any atom is -0.493 e. The van der Waals surface area contributed by atoms with Crippen LogP contribution >= 0.6 is 11.8 Å². The van der Waals surface area contributed by atoms with Crippen molar-refractivity contribution in [3.8, 4) is 5.75 Å². The molecule has 0 aliphatic heterocycles. The van der Waals surface area contributed by atoms with Gasteiger partial charge in [0.1, 0.15) is 12.1 Å². The smallest absolute Gasteiger partial charge is 0.265 e. The lowest BCUT2D eigenvalue weighted by Crippen LogP contribution is -2.29. The lowest BCUT2D eigenvalue weighted by molar-refractivity contribution is 0.0953. The summed E-state index contributed by atoms with van der Waals surface area (Å²) >= 11 is 1.43. The van der Waals surface area contributed by atoms with Crippen LogP contribution < -0.4 is 21.8 Å². The summed E-state index contributed by atoms with van der Waals surface area (Å²) in [5.41, 5.74) is 2.51. The number of ether oxygens (including phenoxy) is 1. The molecule has 0 saturated carbocycles. The third kappa shape index (κ3) is 3.62. The molecule has 0 fully saturated rings. The summed E-state index contributed by atoms with van der Waals surface area (Å²) in [6.45, 7) is 0.450. The fraction of sp³-hybridized carbons (Fsp3) is 0.182. The topological polar surface area (TPSA) is 121 Å². The Hall–Kier alpha value is -2.26. The zero-order valence-electron chi connectivity index (χ0n) is 10.5. The summed E-state index contributed by atoms with van der Waals surface area (Å²) in [4.78, 5) is 11.4. The second-order valence-electron chi connectivity index (χ2n) is 3.72. The number of aromatic nitrogens is 3. The summed E-state index contributed by atoms with van der Waals surface area (Å²) in [5.74, 6) is 11.5. The summed E-state index contributed by atoms with van der Waals surface area (Å²) < 4.78 is 6.88. The van der Waals surface area contributed by atoms with Crippen LogP contribution in [0.5, 0.6) is 5.75 Å². The quantitative estimate of drug-likeness (QED) is 0.221. The Labute approximate surface area is 119 Å². The van der Waals surface area contributed by atoms with Gasteiger partial charge in [0, 0.05) is 11.3 Å². The molecular weight excluding hydrogens is 280 g/mol. The minimum atomic E-state index is -0.360. The second-order valence-corrected chi connectivity index (χ2v) is 4.78. The number of nitrogen functional groups attached to an aromatic ring is 2. The Morgan fingerprint density at radius 2 is 2.35 bits per heavy atom. The Balaban J connectivity index is 1.82. The number of hydrogen-bond donors (Lipinski definition) is 3. The first-order valence-corrected chi connectivity index (χ1v) is 6.71. The molecule has 0 atom stereocenters. The Morgan fingerprint density at radius 3 is 3.05 bits per heavy atom. The van der Waals surface area contributed by atoms with Gasteiger partial charge >= 0.3 is 0 Å². The number of hydrazine groups is 1. The second kappa shape index (κ2) is 6.78. The summed E-state index contributed by atoms with van der Waals surface area (Å²) in [7, 11) is 0. The van der Waals surface area contributed by atoms with Gasteiger partial charge in [0.2, 0.25) is 5.16 Å². The monoisotopic (exact) mass is 294 g/mol. The van der Waals surface area contributed by atoms with E-state index >= 15 is 0 Å². The van der Waals surface area contributed by atoms with Crippen LogP contribution in [0, 0.1) is 0 Å². The van der Waals surface area contributed by atoms with E-state index < -0.39 is 0 Å². The number of thioether (sulfide) groups is 1. The molecule has 1 aromatic heterocycles. The van der Waals surface area contributed by atoms with Crippen LogP contribution in [-0.4, -0.2) is 33.1 Å². The summed E-state index contributed by atoms with van der Waals surface area (Å²) in [6.07, 6.45) is 1.43. The van der Waals surface area contributed by atoms with Gasteiger partial charge in [-0.3, -0.25) is 10.2 Å². The molecule has 1 aromatic carbocycles. The van der Waals surface area contributed by atoms with Crippen molar-refractivity contribution in [1.82, 2.24) is 20.3 Å². The molecule has 0 spiro atoms. The van der Waals surface area contributed by atoms with Crippen molar-refractivity contribution in [2.75, 3.05) is 18.2 Å². The van der Waals surface area contributed by atoms with Crippen LogP contribution in [0.3, 0.4) is 0 Å². The maximum Gasteiger partial charge on any atom is 0.265 e. The van der Waals surface area contributed by atoms with Gasteiger partial charge in [-0.2, -0.15) is 0 Å². The number of amides is 1. The first-order valence-electron chi connectivity index (χ1n) is 5.72. The van der Waals surface area contributed by atoms with Crippen molar-refractivity contribution in [2.45, 2.75) is 5.16 Å². The van der Waals surface area contributed by atoms with Crippen molar-refractivity contribution in [2.24, 2.45) is 5.84 Å². The van der Waals surface area contributed by atoms with Gasteiger partial charge < -0.3 is 10.6 Å². The van der Waals surface area contributed by atoms with E-state index in [2.05, 4.69) is 15.6 Å². The first-order chi connectivity index (χ1) is 9.70. The fourth-order valence-corrected chi connectivity index (χ4v) is 2.09. The molecule has 8 nitrogen and oxygen atoms in total. The van der Waals surface area contributed by atoms with Gasteiger partial charge in [-0.1, -0.05) is 17.8 Å². The highest BCUT2D eigenvalue weighted by Gasteiger charge is 2.05. The average Bonchev–Trinajstić information content (AvgIpc) is 2.88. The molecule has 0 bridgehead atoms. The van der Waals surface area contributed by atoms with Gasteiger partial charge in [0.05, 0.1) is 6.61 Å². The van der Waals surface area contributed by atoms with Crippen LogP contribution in [0.15, 0.2) is 35.7 Å². The Morgan fingerprint density at radius 1 is 1.50 bits per heavy atom. The van der Waals surface area contributed by atoms with Crippen molar-refractivity contribution < 1.29 is 9.53 Å². The molecule has 0 radical (unpaired) electrons. The Kier molecular flexibility index (Phi) is 4.80. The van der Waals surface area contributed by atoms with E-state index in [1.807, 2.05) is 0 Å². The molecule has 0 aliphatic carbocycles. The molecule has 0 aliphatic rings. The number of carbonyl (C=O) groups is 1. The summed E-state index contributed by atoms with van der Waals surface area (Å²) in [5, 5.41) is 8.12. The number of carbonyl (C=O) groups excluding carboxylic acids is 1. The number of nitrogens with two attached hydrogens (primary N) is 2. The number of nitrogens with one attached hydrogen (secondary N) is 1. The molecular formula is C11H14N6O2S. The number of hydrogen-bond acceptors (Lipinski definition) is 7. The van der Waals surface area contributed by atoms with Crippen LogP contribution in [0.2, 0.25) is 0 Å². The third-order valence-corrected chi connectivity index (χ3v) is 3.27. The summed E-state index contributed by atoms with van der Waals surface area (Å²) in [6, 6.07) is 6.77. The lowest BCUT2D eigenvalue weighted by atomic mass is 10.2. The van der Waals surface area contributed by atoms with Gasteiger partial charge in [-0.05, 0) is 18.2 Å². The third-order valence-electron chi connectivity index (χ3n) is 2.35. The van der Waals surface area contributed by atoms with Gasteiger partial charge in [-0.15, -0.1) is 10.2 Å². The average molecular weight is 294 g/mol. The zero-order valence-corrected chi connectivity index (χ0v) is 11.3. The predicted molar refractivity (Wildman–Crippen MR) is 74.5 cm³/mol. The fourth-order valence-electron chi connectivity index (χ4n) is 1.44. The molecule has 106 valence electrons. The van der Waals surface area contributed by atoms with Crippen LogP contribution in [-0.2, 0) is 0 Å². The van der Waals surface area contributed by atoms with E-state index in [-0.39, 0.29) is 5.91 Å². The first kappa shape index (κ1) is 14.2. The van der Waals surface area contributed by atoms with Crippen LogP contribution in [0.25, 0.3) is 0 Å². The molecule has 2 rings (SSSR count). The van der Waals surface area contributed by atoms with Gasteiger partial charge in [-0.25, -0.2) is 10.5 Å². The molecule has 9 heteroatoms. The highest BCUT2D eigenvalue weighted by molar-refractivity contribution is 7.99. The van der Waals surface area contributed by atoms with E-state index in [0.29, 0.717) is 28.8 Å². The van der Waals surface area contributed by atoms with Crippen LogP contribution in [0.1, 0.15) is 10.4 Å². The van der Waals surface area contributed by atoms with Crippen molar-refractivity contribution >= 4 is 17.7 Å². The SMILES string of the molecule is NNC(=O)c1cccc(OCCSc2nncn2N)c1. The standard InChI is InChI=1S/C11H14N6O2S/c12-15-10(18)8-2-1-3-9(6-8)19-4-5-20-11-16-14-7-17(11)13/h1-3,6-7H,4-5,12-13H2,(H,15,18). The minimum absolute atomic E-state index is 0.360. The zero-order chi connectivity index (χ0) is 14.4. The highest BCUT2D eigenvalue weighted by Crippen LogP contribution is 2.15. The van der Waals surface area contributed by atoms with E-state index in [1.54, 1.807) is 24.3 Å². The lowest BCUT2D eigenvalue weighted by Gasteiger charge is -2.07. The number of nitrogens with zero attached hydrogens (tertiary/aromatic N) is 3. The Bertz CT molecular complexity index is 588. The largest absolute Gasteiger partial charge is 0.493 e. The van der Waals surface area contributed by atoms with Crippen LogP contribution in [0.4, 0.5) is 0 Å². The highest BCUT2D eigenvalue weighted by atomic mass is 32.2. The molecule has 1 amide bonds. The number of rotatable bonds is 6. The normalized spacial score (nSPS) is 10.2. The molecule has 1 heterocycles. The molecule has 2 aromatic rings. The molecule has 5 N–H and O–H groups in total. The number of benzene rings is 1. The predicted octanol–water partition coefficient (Wildman–Crippen LogP) is -0.234. The van der Waals surface area contributed by atoms with Gasteiger partial charge in [0.25, 0.3) is 5.91 Å². The van der Waals surface area contributed by atoms with Crippen molar-refractivity contribution in [1.29, 1.82) is 0 Å². The molecule has 0 unspecified atom stereocenters. The molecule has 20 heavy (non-hydrogen) atoms. The maximum atomic E-state index is 11.4. The van der Waals surface area contributed by atoms with E-state index in [1.165, 1.54) is 22.8 Å². The van der Waals surface area contributed by atoms with E-state index in [9.17, 15) is 4.79 Å². The molecule has 0 saturated heterocycles.